The lowest BCUT2D eigenvalue weighted by molar-refractivity contribution is -0.121. The summed E-state index contributed by atoms with van der Waals surface area (Å²) in [5.41, 5.74) is 2.17. The molecule has 0 aromatic heterocycles. The number of carbonyl (C=O) groups excluding carboxylic acids is 1. The van der Waals surface area contributed by atoms with E-state index in [1.165, 1.54) is 32.1 Å². The molecule has 0 aromatic rings. The van der Waals surface area contributed by atoms with Crippen molar-refractivity contribution < 1.29 is 4.79 Å². The minimum atomic E-state index is -0.0514. The third kappa shape index (κ3) is 5.83. The van der Waals surface area contributed by atoms with Gasteiger partial charge in [-0.15, -0.1) is 0 Å². The Kier molecular flexibility index (Phi) is 7.28. The first-order valence-corrected chi connectivity index (χ1v) is 7.33. The van der Waals surface area contributed by atoms with Crippen molar-refractivity contribution in [2.75, 3.05) is 13.6 Å². The van der Waals surface area contributed by atoms with Gasteiger partial charge < -0.3 is 4.90 Å². The van der Waals surface area contributed by atoms with Gasteiger partial charge in [-0.2, -0.15) is 0 Å². The second-order valence-corrected chi connectivity index (χ2v) is 5.78. The number of hydrogen-bond acceptors (Lipinski definition) is 3. The van der Waals surface area contributed by atoms with Crippen LogP contribution in [0.25, 0.3) is 0 Å². The minimum Gasteiger partial charge on any atom is -0.303 e. The van der Waals surface area contributed by atoms with E-state index in [4.69, 9.17) is 5.84 Å². The van der Waals surface area contributed by atoms with Gasteiger partial charge in [0.1, 0.15) is 0 Å². The second kappa shape index (κ2) is 8.48. The van der Waals surface area contributed by atoms with Crippen LogP contribution >= 0.6 is 0 Å². The van der Waals surface area contributed by atoms with Crippen molar-refractivity contribution in [2.45, 2.75) is 64.3 Å². The lowest BCUT2D eigenvalue weighted by atomic mass is 9.86. The fraction of sp³-hybridized carbons (Fsp3) is 0.929. The predicted octanol–water partition coefficient (Wildman–Crippen LogP) is 2.05. The highest BCUT2D eigenvalue weighted by atomic mass is 16.2. The highest BCUT2D eigenvalue weighted by Crippen LogP contribution is 2.26. The lowest BCUT2D eigenvalue weighted by Gasteiger charge is -2.34. The van der Waals surface area contributed by atoms with E-state index in [0.29, 0.717) is 6.42 Å². The summed E-state index contributed by atoms with van der Waals surface area (Å²) in [5, 5.41) is 0. The molecule has 1 aliphatic carbocycles. The first-order valence-electron chi connectivity index (χ1n) is 7.33. The van der Waals surface area contributed by atoms with Crippen LogP contribution in [0.15, 0.2) is 0 Å². The first-order chi connectivity index (χ1) is 8.63. The molecule has 0 saturated heterocycles. The van der Waals surface area contributed by atoms with Gasteiger partial charge in [0.25, 0.3) is 0 Å². The Hall–Kier alpha value is -0.610. The van der Waals surface area contributed by atoms with Crippen molar-refractivity contribution in [3.05, 3.63) is 0 Å². The number of nitrogens with zero attached hydrogens (tertiary/aromatic N) is 1. The van der Waals surface area contributed by atoms with Gasteiger partial charge in [-0.3, -0.25) is 10.2 Å². The summed E-state index contributed by atoms with van der Waals surface area (Å²) in [7, 11) is 2.25. The highest BCUT2D eigenvalue weighted by Gasteiger charge is 2.21. The monoisotopic (exact) mass is 255 g/mol. The van der Waals surface area contributed by atoms with E-state index in [-0.39, 0.29) is 5.91 Å². The van der Waals surface area contributed by atoms with Crippen molar-refractivity contribution >= 4 is 5.91 Å². The van der Waals surface area contributed by atoms with Gasteiger partial charge in [-0.25, -0.2) is 5.84 Å². The van der Waals surface area contributed by atoms with Crippen LogP contribution in [-0.4, -0.2) is 30.4 Å². The third-order valence-electron chi connectivity index (χ3n) is 4.11. The maximum atomic E-state index is 10.9. The Morgan fingerprint density at radius 3 is 2.78 bits per heavy atom. The number of rotatable bonds is 7. The zero-order valence-electron chi connectivity index (χ0n) is 12.0. The molecule has 3 N–H and O–H groups in total. The van der Waals surface area contributed by atoms with Crippen LogP contribution in [0.3, 0.4) is 0 Å². The number of amides is 1. The Bertz CT molecular complexity index is 245. The molecule has 1 amide bonds. The zero-order valence-corrected chi connectivity index (χ0v) is 12.0. The minimum absolute atomic E-state index is 0.0514. The molecule has 2 atom stereocenters. The molecule has 0 aromatic carbocycles. The van der Waals surface area contributed by atoms with E-state index in [9.17, 15) is 4.79 Å². The molecule has 0 heterocycles. The number of nitrogens with two attached hydrogens (primary N) is 1. The number of carbonyl (C=O) groups is 1. The Morgan fingerprint density at radius 2 is 2.11 bits per heavy atom. The van der Waals surface area contributed by atoms with Gasteiger partial charge in [0.2, 0.25) is 5.91 Å². The Morgan fingerprint density at radius 1 is 1.33 bits per heavy atom. The van der Waals surface area contributed by atoms with Crippen LogP contribution in [0.5, 0.6) is 0 Å². The van der Waals surface area contributed by atoms with Gasteiger partial charge in [0.05, 0.1) is 0 Å². The lowest BCUT2D eigenvalue weighted by Crippen LogP contribution is -2.36. The summed E-state index contributed by atoms with van der Waals surface area (Å²) in [6, 6.07) is 0.779. The van der Waals surface area contributed by atoms with E-state index >= 15 is 0 Å². The van der Waals surface area contributed by atoms with E-state index in [0.717, 1.165) is 31.3 Å². The van der Waals surface area contributed by atoms with Crippen LogP contribution in [0.4, 0.5) is 0 Å². The number of hydrogen-bond donors (Lipinski definition) is 2. The summed E-state index contributed by atoms with van der Waals surface area (Å²) in [6.45, 7) is 3.52. The van der Waals surface area contributed by atoms with E-state index < -0.39 is 0 Å². The summed E-state index contributed by atoms with van der Waals surface area (Å²) in [5.74, 6) is 5.87. The summed E-state index contributed by atoms with van der Waals surface area (Å²) < 4.78 is 0. The van der Waals surface area contributed by atoms with Crippen molar-refractivity contribution in [1.82, 2.24) is 10.3 Å². The number of nitrogens with one attached hydrogen (secondary N) is 1. The predicted molar refractivity (Wildman–Crippen MR) is 74.8 cm³/mol. The molecule has 2 unspecified atom stereocenters. The van der Waals surface area contributed by atoms with E-state index in [1.807, 2.05) is 0 Å². The standard InChI is InChI=1S/C14H29N3O/c1-12-7-6-8-13(11-12)17(2)10-5-3-4-9-14(18)16-15/h12-13H,3-11,15H2,1-2H3,(H,16,18). The van der Waals surface area contributed by atoms with Crippen molar-refractivity contribution in [3.63, 3.8) is 0 Å². The Balaban J connectivity index is 2.05. The molecule has 1 aliphatic rings. The van der Waals surface area contributed by atoms with Crippen LogP contribution in [0.2, 0.25) is 0 Å². The average molecular weight is 255 g/mol. The molecule has 1 rings (SSSR count). The summed E-state index contributed by atoms with van der Waals surface area (Å²) in [4.78, 5) is 13.5. The van der Waals surface area contributed by atoms with E-state index in [1.54, 1.807) is 0 Å². The summed E-state index contributed by atoms with van der Waals surface area (Å²) in [6.07, 6.45) is 9.28. The van der Waals surface area contributed by atoms with Crippen LogP contribution in [-0.2, 0) is 4.79 Å². The van der Waals surface area contributed by atoms with Gasteiger partial charge in [-0.1, -0.05) is 26.2 Å². The maximum Gasteiger partial charge on any atom is 0.233 e. The van der Waals surface area contributed by atoms with Crippen molar-refractivity contribution in [2.24, 2.45) is 11.8 Å². The molecule has 1 fully saturated rings. The third-order valence-corrected chi connectivity index (χ3v) is 4.11. The zero-order chi connectivity index (χ0) is 13.4. The molecular formula is C14H29N3O. The summed E-state index contributed by atoms with van der Waals surface area (Å²) >= 11 is 0. The molecule has 18 heavy (non-hydrogen) atoms. The fourth-order valence-corrected chi connectivity index (χ4v) is 2.88. The average Bonchev–Trinajstić information content (AvgIpc) is 2.37. The largest absolute Gasteiger partial charge is 0.303 e. The van der Waals surface area contributed by atoms with Gasteiger partial charge in [0.15, 0.2) is 0 Å². The van der Waals surface area contributed by atoms with Crippen LogP contribution < -0.4 is 11.3 Å². The Labute approximate surface area is 111 Å². The molecule has 0 aliphatic heterocycles. The molecule has 4 heteroatoms. The van der Waals surface area contributed by atoms with Crippen molar-refractivity contribution in [1.29, 1.82) is 0 Å². The van der Waals surface area contributed by atoms with Crippen LogP contribution in [0.1, 0.15) is 58.3 Å². The fourth-order valence-electron chi connectivity index (χ4n) is 2.88. The topological polar surface area (TPSA) is 58.4 Å². The second-order valence-electron chi connectivity index (χ2n) is 5.78. The maximum absolute atomic E-state index is 10.9. The smallest absolute Gasteiger partial charge is 0.233 e. The molecular weight excluding hydrogens is 226 g/mol. The van der Waals surface area contributed by atoms with Crippen LogP contribution in [0, 0.1) is 5.92 Å². The highest BCUT2D eigenvalue weighted by molar-refractivity contribution is 5.74. The number of hydrazine groups is 1. The molecule has 1 saturated carbocycles. The SMILES string of the molecule is CC1CCCC(N(C)CCCCCC(=O)NN)C1. The quantitative estimate of drug-likeness (QED) is 0.317. The first kappa shape index (κ1) is 15.4. The van der Waals surface area contributed by atoms with Crippen molar-refractivity contribution in [3.8, 4) is 0 Å². The van der Waals surface area contributed by atoms with Gasteiger partial charge in [-0.05, 0) is 45.2 Å². The molecule has 0 spiro atoms. The van der Waals surface area contributed by atoms with Gasteiger partial charge >= 0.3 is 0 Å². The van der Waals surface area contributed by atoms with E-state index in [2.05, 4.69) is 24.3 Å². The molecule has 0 radical (unpaired) electrons. The normalized spacial score (nSPS) is 24.2. The molecule has 106 valence electrons. The number of unbranched alkanes of at least 4 members (excludes halogenated alkanes) is 2. The molecule has 0 bridgehead atoms. The van der Waals surface area contributed by atoms with Gasteiger partial charge in [0, 0.05) is 12.5 Å². The molecule has 4 nitrogen and oxygen atoms in total.